The average Bonchev–Trinajstić information content (AvgIpc) is 2.79. The monoisotopic (exact) mass is 273 g/mol. The number of nitrogens with zero attached hydrogens (tertiary/aromatic N) is 2. The van der Waals surface area contributed by atoms with Crippen LogP contribution in [0.4, 0.5) is 14.5 Å². The van der Waals surface area contributed by atoms with E-state index in [-0.39, 0.29) is 11.5 Å². The molecule has 5 heteroatoms. The summed E-state index contributed by atoms with van der Waals surface area (Å²) in [6.07, 6.45) is 0. The van der Waals surface area contributed by atoms with Gasteiger partial charge in [-0.05, 0) is 31.2 Å². The van der Waals surface area contributed by atoms with Gasteiger partial charge in [-0.3, -0.25) is 0 Å². The van der Waals surface area contributed by atoms with E-state index in [2.05, 4.69) is 4.98 Å². The quantitative estimate of drug-likeness (QED) is 0.725. The van der Waals surface area contributed by atoms with E-state index in [1.807, 2.05) is 11.5 Å². The number of imidazole rings is 1. The van der Waals surface area contributed by atoms with Gasteiger partial charge in [-0.15, -0.1) is 0 Å². The molecule has 0 aliphatic heterocycles. The van der Waals surface area contributed by atoms with Gasteiger partial charge in [0.05, 0.1) is 16.7 Å². The van der Waals surface area contributed by atoms with E-state index in [0.717, 1.165) is 5.52 Å². The Hall–Kier alpha value is -2.43. The van der Waals surface area contributed by atoms with E-state index in [9.17, 15) is 8.78 Å². The van der Waals surface area contributed by atoms with Gasteiger partial charge in [-0.1, -0.05) is 6.07 Å². The van der Waals surface area contributed by atoms with Gasteiger partial charge in [-0.2, -0.15) is 0 Å². The molecule has 0 fully saturated rings. The number of hydrogen-bond acceptors (Lipinski definition) is 2. The molecule has 102 valence electrons. The summed E-state index contributed by atoms with van der Waals surface area (Å²) in [6, 6.07) is 9.01. The number of rotatable bonds is 2. The van der Waals surface area contributed by atoms with Gasteiger partial charge in [0.25, 0.3) is 0 Å². The second-order valence-electron chi connectivity index (χ2n) is 4.51. The summed E-state index contributed by atoms with van der Waals surface area (Å²) in [7, 11) is 0. The van der Waals surface area contributed by atoms with Gasteiger partial charge in [0.15, 0.2) is 0 Å². The molecule has 1 heterocycles. The first-order valence-corrected chi connectivity index (χ1v) is 6.32. The first-order valence-electron chi connectivity index (χ1n) is 6.32. The average molecular weight is 273 g/mol. The molecule has 3 nitrogen and oxygen atoms in total. The van der Waals surface area contributed by atoms with Crippen LogP contribution in [-0.4, -0.2) is 9.55 Å². The minimum absolute atomic E-state index is 0.0537. The molecule has 3 rings (SSSR count). The highest BCUT2D eigenvalue weighted by molar-refractivity contribution is 5.83. The van der Waals surface area contributed by atoms with Gasteiger partial charge >= 0.3 is 0 Å². The molecule has 0 bridgehead atoms. The smallest absolute Gasteiger partial charge is 0.146 e. The molecule has 3 aromatic rings. The van der Waals surface area contributed by atoms with Crippen molar-refractivity contribution in [3.8, 4) is 11.4 Å². The summed E-state index contributed by atoms with van der Waals surface area (Å²) >= 11 is 0. The summed E-state index contributed by atoms with van der Waals surface area (Å²) in [5.74, 6) is -0.287. The lowest BCUT2D eigenvalue weighted by Gasteiger charge is -2.08. The summed E-state index contributed by atoms with van der Waals surface area (Å²) in [6.45, 7) is 2.58. The number of aryl methyl sites for hydroxylation is 1. The highest BCUT2D eigenvalue weighted by Crippen LogP contribution is 2.30. The summed E-state index contributed by atoms with van der Waals surface area (Å²) in [5.41, 5.74) is 7.69. The van der Waals surface area contributed by atoms with Crippen LogP contribution in [0.25, 0.3) is 22.4 Å². The Balaban J connectivity index is 2.33. The second kappa shape index (κ2) is 4.59. The van der Waals surface area contributed by atoms with Crippen LogP contribution in [0.5, 0.6) is 0 Å². The molecule has 0 saturated heterocycles. The third-order valence-corrected chi connectivity index (χ3v) is 3.32. The number of halogens is 2. The maximum Gasteiger partial charge on any atom is 0.146 e. The zero-order valence-electron chi connectivity index (χ0n) is 10.9. The lowest BCUT2D eigenvalue weighted by Crippen LogP contribution is -2.01. The van der Waals surface area contributed by atoms with Crippen molar-refractivity contribution in [1.29, 1.82) is 0 Å². The number of para-hydroxylation sites is 1. The fraction of sp³-hybridized carbons (Fsp3) is 0.133. The minimum atomic E-state index is -0.483. The third-order valence-electron chi connectivity index (χ3n) is 3.32. The molecule has 0 aliphatic carbocycles. The molecule has 0 spiro atoms. The largest absolute Gasteiger partial charge is 0.396 e. The lowest BCUT2D eigenvalue weighted by molar-refractivity contribution is 0.629. The zero-order valence-corrected chi connectivity index (χ0v) is 10.9. The maximum absolute atomic E-state index is 13.6. The van der Waals surface area contributed by atoms with Crippen LogP contribution in [0, 0.1) is 11.6 Å². The molecule has 0 aliphatic rings. The molecule has 2 aromatic carbocycles. The van der Waals surface area contributed by atoms with E-state index < -0.39 is 5.82 Å². The standard InChI is InChI=1S/C15H13F2N3/c1-2-20-13-7-6-9(16)8-12(13)19-15(20)10-4-3-5-11(17)14(10)18/h3-8H,2,18H2,1H3. The second-order valence-corrected chi connectivity index (χ2v) is 4.51. The Kier molecular flexibility index (Phi) is 2.89. The highest BCUT2D eigenvalue weighted by atomic mass is 19.1. The molecule has 0 radical (unpaired) electrons. The van der Waals surface area contributed by atoms with Crippen LogP contribution in [0.3, 0.4) is 0 Å². The third kappa shape index (κ3) is 1.82. The van der Waals surface area contributed by atoms with Crippen molar-refractivity contribution in [1.82, 2.24) is 9.55 Å². The van der Waals surface area contributed by atoms with Crippen LogP contribution in [-0.2, 0) is 6.54 Å². The van der Waals surface area contributed by atoms with Crippen LogP contribution in [0.15, 0.2) is 36.4 Å². The van der Waals surface area contributed by atoms with Gasteiger partial charge in [0.2, 0.25) is 0 Å². The Morgan fingerprint density at radius 1 is 1.20 bits per heavy atom. The highest BCUT2D eigenvalue weighted by Gasteiger charge is 2.15. The van der Waals surface area contributed by atoms with E-state index in [1.165, 1.54) is 18.2 Å². The normalized spacial score (nSPS) is 11.2. The molecular weight excluding hydrogens is 260 g/mol. The molecule has 1 aromatic heterocycles. The van der Waals surface area contributed by atoms with Crippen molar-refractivity contribution in [3.05, 3.63) is 48.0 Å². The van der Waals surface area contributed by atoms with Gasteiger partial charge in [-0.25, -0.2) is 13.8 Å². The van der Waals surface area contributed by atoms with E-state index in [1.54, 1.807) is 18.2 Å². The maximum atomic E-state index is 13.6. The number of anilines is 1. The summed E-state index contributed by atoms with van der Waals surface area (Å²) in [5, 5.41) is 0. The molecule has 2 N–H and O–H groups in total. The molecule has 0 amide bonds. The van der Waals surface area contributed by atoms with Crippen molar-refractivity contribution in [2.45, 2.75) is 13.5 Å². The van der Waals surface area contributed by atoms with Gasteiger partial charge < -0.3 is 10.3 Å². The predicted molar refractivity (Wildman–Crippen MR) is 75.2 cm³/mol. The van der Waals surface area contributed by atoms with Crippen molar-refractivity contribution >= 4 is 16.7 Å². The number of hydrogen-bond donors (Lipinski definition) is 1. The first-order chi connectivity index (χ1) is 9.61. The number of fused-ring (bicyclic) bond motifs is 1. The predicted octanol–water partition coefficient (Wildman–Crippen LogP) is 3.58. The Bertz CT molecular complexity index is 793. The molecular formula is C15H13F2N3. The van der Waals surface area contributed by atoms with Crippen molar-refractivity contribution in [2.75, 3.05) is 5.73 Å². The molecule has 20 heavy (non-hydrogen) atoms. The number of aromatic nitrogens is 2. The summed E-state index contributed by atoms with van der Waals surface area (Å²) < 4.78 is 28.8. The van der Waals surface area contributed by atoms with Crippen LogP contribution in [0.2, 0.25) is 0 Å². The molecule has 0 unspecified atom stereocenters. The number of nitrogens with two attached hydrogens (primary N) is 1. The summed E-state index contributed by atoms with van der Waals surface area (Å²) in [4.78, 5) is 4.39. The fourth-order valence-electron chi connectivity index (χ4n) is 2.36. The van der Waals surface area contributed by atoms with Gasteiger partial charge in [0, 0.05) is 18.2 Å². The number of benzene rings is 2. The first kappa shape index (κ1) is 12.6. The van der Waals surface area contributed by atoms with E-state index >= 15 is 0 Å². The fourth-order valence-corrected chi connectivity index (χ4v) is 2.36. The van der Waals surface area contributed by atoms with E-state index in [0.29, 0.717) is 23.4 Å². The lowest BCUT2D eigenvalue weighted by atomic mass is 10.1. The van der Waals surface area contributed by atoms with Crippen LogP contribution >= 0.6 is 0 Å². The topological polar surface area (TPSA) is 43.8 Å². The molecule has 0 saturated carbocycles. The van der Waals surface area contributed by atoms with Crippen LogP contribution in [0.1, 0.15) is 6.92 Å². The van der Waals surface area contributed by atoms with E-state index in [4.69, 9.17) is 5.73 Å². The SMILES string of the molecule is CCn1c(-c2cccc(F)c2N)nc2cc(F)ccc21. The zero-order chi connectivity index (χ0) is 14.3. The van der Waals surface area contributed by atoms with Crippen molar-refractivity contribution < 1.29 is 8.78 Å². The Morgan fingerprint density at radius 3 is 2.75 bits per heavy atom. The number of nitrogen functional groups attached to an aromatic ring is 1. The minimum Gasteiger partial charge on any atom is -0.396 e. The molecule has 0 atom stereocenters. The van der Waals surface area contributed by atoms with Crippen LogP contribution < -0.4 is 5.73 Å². The van der Waals surface area contributed by atoms with Crippen molar-refractivity contribution in [3.63, 3.8) is 0 Å². The Labute approximate surface area is 114 Å². The Morgan fingerprint density at radius 2 is 2.00 bits per heavy atom. The van der Waals surface area contributed by atoms with Gasteiger partial charge in [0.1, 0.15) is 17.5 Å². The van der Waals surface area contributed by atoms with Crippen molar-refractivity contribution in [2.24, 2.45) is 0 Å².